The third-order valence-electron chi connectivity index (χ3n) is 3.23. The van der Waals surface area contributed by atoms with Gasteiger partial charge in [-0.25, -0.2) is 0 Å². The molecule has 0 aromatic heterocycles. The van der Waals surface area contributed by atoms with Crippen molar-refractivity contribution in [3.05, 3.63) is 34.9 Å². The molecule has 0 saturated carbocycles. The first kappa shape index (κ1) is 11.1. The van der Waals surface area contributed by atoms with Crippen LogP contribution in [0.5, 0.6) is 0 Å². The average Bonchev–Trinajstić information content (AvgIpc) is 2.26. The van der Waals surface area contributed by atoms with E-state index in [1.54, 1.807) is 0 Å². The van der Waals surface area contributed by atoms with Crippen molar-refractivity contribution >= 4 is 5.91 Å². The molecule has 3 heteroatoms. The Kier molecular flexibility index (Phi) is 2.97. The van der Waals surface area contributed by atoms with Gasteiger partial charge in [-0.15, -0.1) is 0 Å². The zero-order valence-electron chi connectivity index (χ0n) is 9.86. The molecule has 2 N–H and O–H groups in total. The molecule has 0 radical (unpaired) electrons. The van der Waals surface area contributed by atoms with E-state index in [0.717, 1.165) is 0 Å². The number of likely N-dealkylation sites (tertiary alicyclic amines) is 1. The maximum atomic E-state index is 11.5. The monoisotopic (exact) mass is 218 g/mol. The Morgan fingerprint density at radius 1 is 1.44 bits per heavy atom. The van der Waals surface area contributed by atoms with Crippen molar-refractivity contribution in [3.8, 4) is 0 Å². The van der Waals surface area contributed by atoms with E-state index in [2.05, 4.69) is 32.0 Å². The predicted octanol–water partition coefficient (Wildman–Crippen LogP) is 1.54. The molecule has 1 heterocycles. The largest absolute Gasteiger partial charge is 0.334 e. The lowest BCUT2D eigenvalue weighted by Crippen LogP contribution is -2.48. The molecule has 16 heavy (non-hydrogen) atoms. The molecule has 1 fully saturated rings. The Hall–Kier alpha value is -1.35. The molecule has 0 bridgehead atoms. The second kappa shape index (κ2) is 4.26. The summed E-state index contributed by atoms with van der Waals surface area (Å²) in [5, 5.41) is 0. The number of amides is 1. The van der Waals surface area contributed by atoms with Crippen LogP contribution in [-0.4, -0.2) is 23.9 Å². The molecule has 1 aliphatic rings. The molecule has 1 aromatic rings. The van der Waals surface area contributed by atoms with E-state index in [1.165, 1.54) is 16.7 Å². The number of rotatable bonds is 3. The van der Waals surface area contributed by atoms with E-state index in [4.69, 9.17) is 5.73 Å². The van der Waals surface area contributed by atoms with E-state index in [0.29, 0.717) is 19.5 Å². The van der Waals surface area contributed by atoms with Crippen molar-refractivity contribution in [3.63, 3.8) is 0 Å². The fraction of sp³-hybridized carbons (Fsp3) is 0.462. The smallest absolute Gasteiger partial charge is 0.225 e. The average molecular weight is 218 g/mol. The molecule has 1 aliphatic heterocycles. The fourth-order valence-electron chi connectivity index (χ4n) is 2.27. The van der Waals surface area contributed by atoms with Gasteiger partial charge in [-0.3, -0.25) is 4.79 Å². The van der Waals surface area contributed by atoms with Gasteiger partial charge in [-0.05, 0) is 25.0 Å². The van der Waals surface area contributed by atoms with Gasteiger partial charge < -0.3 is 10.6 Å². The van der Waals surface area contributed by atoms with Gasteiger partial charge >= 0.3 is 0 Å². The number of β-lactam (4-membered cyclic amide) rings is 1. The SMILES string of the molecule is Cc1ccc(C)c(C2CC(=O)N2CCN)c1. The van der Waals surface area contributed by atoms with Gasteiger partial charge in [0.1, 0.15) is 0 Å². The van der Waals surface area contributed by atoms with Gasteiger partial charge in [-0.1, -0.05) is 23.8 Å². The Labute approximate surface area is 96.2 Å². The summed E-state index contributed by atoms with van der Waals surface area (Å²) in [6, 6.07) is 6.65. The van der Waals surface area contributed by atoms with Crippen LogP contribution in [0.15, 0.2) is 18.2 Å². The van der Waals surface area contributed by atoms with Crippen molar-refractivity contribution in [2.75, 3.05) is 13.1 Å². The van der Waals surface area contributed by atoms with Crippen LogP contribution >= 0.6 is 0 Å². The van der Waals surface area contributed by atoms with Gasteiger partial charge in [-0.2, -0.15) is 0 Å². The van der Waals surface area contributed by atoms with E-state index in [9.17, 15) is 4.79 Å². The van der Waals surface area contributed by atoms with Gasteiger partial charge in [0.2, 0.25) is 5.91 Å². The van der Waals surface area contributed by atoms with E-state index in [1.807, 2.05) is 4.90 Å². The van der Waals surface area contributed by atoms with E-state index in [-0.39, 0.29) is 11.9 Å². The Bertz CT molecular complexity index is 414. The summed E-state index contributed by atoms with van der Waals surface area (Å²) in [4.78, 5) is 13.3. The highest BCUT2D eigenvalue weighted by atomic mass is 16.2. The number of hydrogen-bond acceptors (Lipinski definition) is 2. The highest BCUT2D eigenvalue weighted by Crippen LogP contribution is 2.35. The first-order valence-electron chi connectivity index (χ1n) is 5.70. The van der Waals surface area contributed by atoms with Crippen LogP contribution in [-0.2, 0) is 4.79 Å². The number of benzene rings is 1. The summed E-state index contributed by atoms with van der Waals surface area (Å²) in [6.07, 6.45) is 0.629. The minimum Gasteiger partial charge on any atom is -0.334 e. The minimum atomic E-state index is 0.219. The first-order chi connectivity index (χ1) is 7.63. The van der Waals surface area contributed by atoms with Crippen LogP contribution in [0.2, 0.25) is 0 Å². The molecule has 3 nitrogen and oxygen atoms in total. The molecule has 0 spiro atoms. The van der Waals surface area contributed by atoms with Crippen LogP contribution in [0.25, 0.3) is 0 Å². The minimum absolute atomic E-state index is 0.219. The second-order valence-electron chi connectivity index (χ2n) is 4.46. The van der Waals surface area contributed by atoms with Gasteiger partial charge in [0, 0.05) is 13.1 Å². The van der Waals surface area contributed by atoms with Crippen LogP contribution in [0.4, 0.5) is 0 Å². The van der Waals surface area contributed by atoms with Gasteiger partial charge in [0.25, 0.3) is 0 Å². The number of aryl methyl sites for hydroxylation is 2. The molecule has 1 saturated heterocycles. The summed E-state index contributed by atoms with van der Waals surface area (Å²) < 4.78 is 0. The predicted molar refractivity (Wildman–Crippen MR) is 64.0 cm³/mol. The third kappa shape index (κ3) is 1.83. The van der Waals surface area contributed by atoms with Crippen molar-refractivity contribution in [1.82, 2.24) is 4.90 Å². The molecule has 1 unspecified atom stereocenters. The molecule has 1 aromatic carbocycles. The summed E-state index contributed by atoms with van der Waals surface area (Å²) in [5.41, 5.74) is 9.28. The van der Waals surface area contributed by atoms with Crippen molar-refractivity contribution in [2.45, 2.75) is 26.3 Å². The number of hydrogen-bond donors (Lipinski definition) is 1. The zero-order chi connectivity index (χ0) is 11.7. The van der Waals surface area contributed by atoms with Crippen molar-refractivity contribution in [2.24, 2.45) is 5.73 Å². The number of carbonyl (C=O) groups is 1. The lowest BCUT2D eigenvalue weighted by atomic mass is 9.90. The van der Waals surface area contributed by atoms with Crippen LogP contribution in [0.3, 0.4) is 0 Å². The molecule has 2 rings (SSSR count). The standard InChI is InChI=1S/C13H18N2O/c1-9-3-4-10(2)11(7-9)12-8-13(16)15(12)6-5-14/h3-4,7,12H,5-6,8,14H2,1-2H3. The maximum Gasteiger partial charge on any atom is 0.225 e. The normalized spacial score (nSPS) is 19.8. The summed E-state index contributed by atoms with van der Waals surface area (Å²) in [7, 11) is 0. The molecular formula is C13H18N2O. The Morgan fingerprint density at radius 3 is 2.81 bits per heavy atom. The van der Waals surface area contributed by atoms with E-state index < -0.39 is 0 Å². The molecular weight excluding hydrogens is 200 g/mol. The number of carbonyl (C=O) groups excluding carboxylic acids is 1. The Morgan fingerprint density at radius 2 is 2.19 bits per heavy atom. The van der Waals surface area contributed by atoms with Crippen molar-refractivity contribution in [1.29, 1.82) is 0 Å². The highest BCUT2D eigenvalue weighted by Gasteiger charge is 2.36. The summed E-state index contributed by atoms with van der Waals surface area (Å²) in [6.45, 7) is 5.37. The second-order valence-corrected chi connectivity index (χ2v) is 4.46. The van der Waals surface area contributed by atoms with Crippen LogP contribution in [0, 0.1) is 13.8 Å². The lowest BCUT2D eigenvalue weighted by molar-refractivity contribution is -0.146. The van der Waals surface area contributed by atoms with Crippen LogP contribution < -0.4 is 5.73 Å². The quantitative estimate of drug-likeness (QED) is 0.782. The van der Waals surface area contributed by atoms with E-state index >= 15 is 0 Å². The third-order valence-corrected chi connectivity index (χ3v) is 3.23. The molecule has 1 amide bonds. The summed E-state index contributed by atoms with van der Waals surface area (Å²) >= 11 is 0. The Balaban J connectivity index is 2.24. The van der Waals surface area contributed by atoms with Crippen molar-refractivity contribution < 1.29 is 4.79 Å². The summed E-state index contributed by atoms with van der Waals surface area (Å²) in [5.74, 6) is 0.219. The fourth-order valence-corrected chi connectivity index (χ4v) is 2.27. The number of nitrogens with zero attached hydrogens (tertiary/aromatic N) is 1. The van der Waals surface area contributed by atoms with Crippen LogP contribution in [0.1, 0.15) is 29.2 Å². The maximum absolute atomic E-state index is 11.5. The number of nitrogens with two attached hydrogens (primary N) is 1. The van der Waals surface area contributed by atoms with Gasteiger partial charge in [0.15, 0.2) is 0 Å². The lowest BCUT2D eigenvalue weighted by Gasteiger charge is -2.41. The topological polar surface area (TPSA) is 46.3 Å². The highest BCUT2D eigenvalue weighted by molar-refractivity contribution is 5.83. The van der Waals surface area contributed by atoms with Gasteiger partial charge in [0.05, 0.1) is 12.5 Å². The molecule has 1 atom stereocenters. The molecule has 86 valence electrons. The zero-order valence-corrected chi connectivity index (χ0v) is 9.86. The molecule has 0 aliphatic carbocycles. The first-order valence-corrected chi connectivity index (χ1v) is 5.70.